The Morgan fingerprint density at radius 3 is 2.94 bits per heavy atom. The molecule has 0 spiro atoms. The molecular weight excluding hydrogens is 321 g/mol. The van der Waals surface area contributed by atoms with E-state index >= 15 is 0 Å². The van der Waals surface area contributed by atoms with E-state index in [9.17, 15) is 9.59 Å². The first-order valence-electron chi connectivity index (χ1n) is 4.65. The predicted octanol–water partition coefficient (Wildman–Crippen LogP) is 1.92. The maximum atomic E-state index is 11.6. The van der Waals surface area contributed by atoms with E-state index in [2.05, 4.69) is 27.6 Å². The molecule has 0 amide bonds. The summed E-state index contributed by atoms with van der Waals surface area (Å²) in [5.41, 5.74) is 0.118. The second-order valence-corrected chi connectivity index (χ2v) is 4.68. The van der Waals surface area contributed by atoms with Gasteiger partial charge in [-0.2, -0.15) is 0 Å². The van der Waals surface area contributed by atoms with Gasteiger partial charge in [0.15, 0.2) is 0 Å². The maximum absolute atomic E-state index is 11.6. The molecule has 1 aromatic heterocycles. The number of ketones is 1. The first kappa shape index (κ1) is 11.3. The molecule has 0 saturated heterocycles. The third-order valence-electron chi connectivity index (χ3n) is 2.03. The number of hydrogen-bond acceptors (Lipinski definition) is 4. The average molecular weight is 329 g/mol. The fourth-order valence-corrected chi connectivity index (χ4v) is 1.87. The summed E-state index contributed by atoms with van der Waals surface area (Å²) >= 11 is 2.11. The van der Waals surface area contributed by atoms with Crippen LogP contribution >= 0.6 is 22.6 Å². The van der Waals surface area contributed by atoms with Gasteiger partial charge in [0.1, 0.15) is 5.78 Å². The zero-order valence-corrected chi connectivity index (χ0v) is 10.6. The molecule has 4 nitrogen and oxygen atoms in total. The molecule has 2 rings (SSSR count). The van der Waals surface area contributed by atoms with E-state index in [-0.39, 0.29) is 18.1 Å². The molecule has 5 heteroatoms. The minimum absolute atomic E-state index is 0.0527. The van der Waals surface area contributed by atoms with E-state index in [1.54, 1.807) is 12.1 Å². The third-order valence-corrected chi connectivity index (χ3v) is 2.71. The van der Waals surface area contributed by atoms with Gasteiger partial charge in [-0.15, -0.1) is 0 Å². The summed E-state index contributed by atoms with van der Waals surface area (Å²) in [5.74, 6) is 0.0896. The highest BCUT2D eigenvalue weighted by atomic mass is 127. The van der Waals surface area contributed by atoms with Crippen molar-refractivity contribution in [2.45, 2.75) is 13.3 Å². The van der Waals surface area contributed by atoms with E-state index < -0.39 is 5.63 Å². The molecule has 0 aliphatic carbocycles. The summed E-state index contributed by atoms with van der Waals surface area (Å²) in [6.45, 7) is 1.43. The Kier molecular flexibility index (Phi) is 3.04. The van der Waals surface area contributed by atoms with Crippen LogP contribution in [-0.4, -0.2) is 10.8 Å². The normalized spacial score (nSPS) is 10.6. The number of hydrogen-bond donors (Lipinski definition) is 0. The van der Waals surface area contributed by atoms with E-state index in [1.807, 2.05) is 6.07 Å². The van der Waals surface area contributed by atoms with Crippen LogP contribution in [0.15, 0.2) is 27.4 Å². The van der Waals surface area contributed by atoms with Crippen LogP contribution in [0.5, 0.6) is 0 Å². The van der Waals surface area contributed by atoms with Gasteiger partial charge in [0.2, 0.25) is 5.89 Å². The van der Waals surface area contributed by atoms with Gasteiger partial charge in [-0.1, -0.05) is 0 Å². The lowest BCUT2D eigenvalue weighted by Crippen LogP contribution is -2.08. The van der Waals surface area contributed by atoms with Gasteiger partial charge in [0.05, 0.1) is 17.3 Å². The van der Waals surface area contributed by atoms with Crippen LogP contribution in [-0.2, 0) is 11.2 Å². The first-order valence-corrected chi connectivity index (χ1v) is 5.73. The number of rotatable bonds is 2. The number of benzene rings is 1. The van der Waals surface area contributed by atoms with Crippen LogP contribution in [0.3, 0.4) is 0 Å². The van der Waals surface area contributed by atoms with Crippen molar-refractivity contribution in [1.29, 1.82) is 0 Å². The summed E-state index contributed by atoms with van der Waals surface area (Å²) < 4.78 is 5.91. The minimum Gasteiger partial charge on any atom is -0.407 e. The van der Waals surface area contributed by atoms with Crippen molar-refractivity contribution < 1.29 is 9.21 Å². The van der Waals surface area contributed by atoms with Crippen molar-refractivity contribution in [3.63, 3.8) is 0 Å². The van der Waals surface area contributed by atoms with Gasteiger partial charge >= 0.3 is 5.63 Å². The van der Waals surface area contributed by atoms with Gasteiger partial charge in [-0.3, -0.25) is 4.79 Å². The Labute approximate surface area is 105 Å². The number of fused-ring (bicyclic) bond motifs is 1. The van der Waals surface area contributed by atoms with Crippen molar-refractivity contribution in [2.75, 3.05) is 0 Å². The van der Waals surface area contributed by atoms with Gasteiger partial charge < -0.3 is 4.42 Å². The van der Waals surface area contributed by atoms with E-state index in [4.69, 9.17) is 4.42 Å². The van der Waals surface area contributed by atoms with Gasteiger partial charge in [0.25, 0.3) is 0 Å². The molecule has 0 unspecified atom stereocenters. The second kappa shape index (κ2) is 4.32. The molecule has 0 radical (unpaired) electrons. The Morgan fingerprint density at radius 2 is 2.25 bits per heavy atom. The first-order chi connectivity index (χ1) is 7.56. The summed E-state index contributed by atoms with van der Waals surface area (Å²) in [6.07, 6.45) is 0.0527. The number of carbonyl (C=O) groups is 1. The van der Waals surface area contributed by atoms with Gasteiger partial charge in [-0.25, -0.2) is 9.78 Å². The fourth-order valence-electron chi connectivity index (χ4n) is 1.38. The molecule has 0 saturated carbocycles. The highest BCUT2D eigenvalue weighted by Gasteiger charge is 2.08. The zero-order chi connectivity index (χ0) is 11.7. The molecule has 1 aromatic carbocycles. The van der Waals surface area contributed by atoms with Gasteiger partial charge in [0, 0.05) is 3.57 Å². The van der Waals surface area contributed by atoms with E-state index in [1.165, 1.54) is 6.92 Å². The Morgan fingerprint density at radius 1 is 1.50 bits per heavy atom. The number of Topliss-reactive ketones (excluding diaryl/α,β-unsaturated/α-hetero) is 1. The van der Waals surface area contributed by atoms with Crippen molar-refractivity contribution in [3.05, 3.63) is 38.1 Å². The molecule has 82 valence electrons. The highest BCUT2D eigenvalue weighted by molar-refractivity contribution is 14.1. The predicted molar refractivity (Wildman–Crippen MR) is 67.4 cm³/mol. The van der Waals surface area contributed by atoms with E-state index in [0.29, 0.717) is 10.9 Å². The lowest BCUT2D eigenvalue weighted by Gasteiger charge is -1.99. The van der Waals surface area contributed by atoms with Crippen LogP contribution in [0.25, 0.3) is 10.9 Å². The maximum Gasteiger partial charge on any atom is 0.346 e. The van der Waals surface area contributed by atoms with Crippen molar-refractivity contribution in [2.24, 2.45) is 0 Å². The molecule has 0 bridgehead atoms. The Hall–Kier alpha value is -1.24. The Bertz CT molecular complexity index is 618. The summed E-state index contributed by atoms with van der Waals surface area (Å²) in [6, 6.07) is 5.32. The quantitative estimate of drug-likeness (QED) is 0.790. The van der Waals surface area contributed by atoms with Crippen LogP contribution in [0, 0.1) is 3.57 Å². The topological polar surface area (TPSA) is 60.2 Å². The summed E-state index contributed by atoms with van der Waals surface area (Å²) in [5, 5.41) is 0.444. The fraction of sp³-hybridized carbons (Fsp3) is 0.182. The number of aromatic nitrogens is 1. The van der Waals surface area contributed by atoms with Crippen molar-refractivity contribution in [1.82, 2.24) is 4.98 Å². The minimum atomic E-state index is -0.445. The van der Waals surface area contributed by atoms with Crippen LogP contribution in [0.4, 0.5) is 0 Å². The van der Waals surface area contributed by atoms with Crippen LogP contribution in [0.2, 0.25) is 0 Å². The van der Waals surface area contributed by atoms with E-state index in [0.717, 1.165) is 3.57 Å². The summed E-state index contributed by atoms with van der Waals surface area (Å²) in [7, 11) is 0. The SMILES string of the molecule is CC(=O)Cc1nc2ccc(I)cc2c(=O)o1. The molecule has 16 heavy (non-hydrogen) atoms. The van der Waals surface area contributed by atoms with Crippen LogP contribution in [0.1, 0.15) is 12.8 Å². The Balaban J connectivity index is 2.64. The lowest BCUT2D eigenvalue weighted by molar-refractivity contribution is -0.116. The molecule has 0 N–H and O–H groups in total. The van der Waals surface area contributed by atoms with Crippen molar-refractivity contribution in [3.8, 4) is 0 Å². The molecule has 0 fully saturated rings. The van der Waals surface area contributed by atoms with Crippen molar-refractivity contribution >= 4 is 39.3 Å². The second-order valence-electron chi connectivity index (χ2n) is 3.44. The molecular formula is C11H8INO3. The third kappa shape index (κ3) is 2.29. The van der Waals surface area contributed by atoms with Crippen LogP contribution < -0.4 is 5.63 Å². The zero-order valence-electron chi connectivity index (χ0n) is 8.49. The average Bonchev–Trinajstić information content (AvgIpc) is 2.18. The number of nitrogens with zero attached hydrogens (tertiary/aromatic N) is 1. The number of carbonyl (C=O) groups excluding carboxylic acids is 1. The van der Waals surface area contributed by atoms with Gasteiger partial charge in [-0.05, 0) is 47.7 Å². The molecule has 2 aromatic rings. The standard InChI is InChI=1S/C11H8INO3/c1-6(14)4-10-13-9-3-2-7(12)5-8(9)11(15)16-10/h2-3,5H,4H2,1H3. The highest BCUT2D eigenvalue weighted by Crippen LogP contribution is 2.13. The lowest BCUT2D eigenvalue weighted by atomic mass is 10.2. The summed E-state index contributed by atoms with van der Waals surface area (Å²) in [4.78, 5) is 26.6. The molecule has 1 heterocycles. The smallest absolute Gasteiger partial charge is 0.346 e. The molecule has 0 aliphatic heterocycles. The molecule has 0 atom stereocenters. The largest absolute Gasteiger partial charge is 0.407 e. The monoisotopic (exact) mass is 329 g/mol. The number of halogens is 1. The molecule has 0 aliphatic rings.